The fourth-order valence-electron chi connectivity index (χ4n) is 2.36. The van der Waals surface area contributed by atoms with Crippen LogP contribution in [-0.4, -0.2) is 29.7 Å². The highest BCUT2D eigenvalue weighted by atomic mass is 19.4. The smallest absolute Gasteiger partial charge is 0.288 e. The van der Waals surface area contributed by atoms with Gasteiger partial charge in [0.15, 0.2) is 0 Å². The van der Waals surface area contributed by atoms with Gasteiger partial charge in [0.05, 0.1) is 5.41 Å². The maximum absolute atomic E-state index is 13.3. The van der Waals surface area contributed by atoms with Crippen LogP contribution in [0.25, 0.3) is 0 Å². The Kier molecular flexibility index (Phi) is 4.02. The normalized spacial score (nSPS) is 20.4. The van der Waals surface area contributed by atoms with Gasteiger partial charge in [0, 0.05) is 6.54 Å². The number of benzene rings is 1. The van der Waals surface area contributed by atoms with Crippen molar-refractivity contribution in [3.8, 4) is 0 Å². The zero-order valence-electron chi connectivity index (χ0n) is 12.3. The van der Waals surface area contributed by atoms with Crippen LogP contribution in [0.4, 0.5) is 13.2 Å². The third-order valence-electron chi connectivity index (χ3n) is 3.73. The number of nitrogens with one attached hydrogen (secondary N) is 1. The van der Waals surface area contributed by atoms with Gasteiger partial charge in [-0.15, -0.1) is 0 Å². The van der Waals surface area contributed by atoms with Gasteiger partial charge in [0.25, 0.3) is 0 Å². The van der Waals surface area contributed by atoms with Gasteiger partial charge in [-0.25, -0.2) is 5.01 Å². The average Bonchev–Trinajstić information content (AvgIpc) is 2.61. The molecule has 2 rings (SSSR count). The lowest BCUT2D eigenvalue weighted by molar-refractivity contribution is -0.188. The van der Waals surface area contributed by atoms with E-state index in [-0.39, 0.29) is 18.9 Å². The molecule has 0 aromatic heterocycles. The van der Waals surface area contributed by atoms with Gasteiger partial charge in [-0.3, -0.25) is 10.2 Å². The predicted molar refractivity (Wildman–Crippen MR) is 73.4 cm³/mol. The standard InChI is InChI=1S/C15H19F3N2O/c1-10-4-6-11(7-5-10)8-12(15(16,17)18)20-9-14(2,3)13(21)19-20/h4-7,12H,8-9H2,1-3H3,(H,19,21)/t12-/m0/s1. The van der Waals surface area contributed by atoms with Crippen LogP contribution in [0, 0.1) is 12.3 Å². The summed E-state index contributed by atoms with van der Waals surface area (Å²) in [6.07, 6.45) is -4.58. The number of nitrogens with zero attached hydrogens (tertiary/aromatic N) is 1. The topological polar surface area (TPSA) is 32.3 Å². The molecule has 1 aromatic rings. The number of aryl methyl sites for hydroxylation is 1. The number of hydrogen-bond acceptors (Lipinski definition) is 2. The zero-order chi connectivity index (χ0) is 15.8. The number of carbonyl (C=O) groups is 1. The van der Waals surface area contributed by atoms with Crippen molar-refractivity contribution in [2.75, 3.05) is 6.54 Å². The van der Waals surface area contributed by atoms with Crippen LogP contribution in [0.1, 0.15) is 25.0 Å². The lowest BCUT2D eigenvalue weighted by Gasteiger charge is -2.29. The van der Waals surface area contributed by atoms with Crippen LogP contribution >= 0.6 is 0 Å². The summed E-state index contributed by atoms with van der Waals surface area (Å²) in [6, 6.07) is 5.24. The van der Waals surface area contributed by atoms with Crippen LogP contribution in [-0.2, 0) is 11.2 Å². The van der Waals surface area contributed by atoms with Gasteiger partial charge >= 0.3 is 6.18 Å². The van der Waals surface area contributed by atoms with Gasteiger partial charge < -0.3 is 0 Å². The predicted octanol–water partition coefficient (Wildman–Crippen LogP) is 2.84. The minimum Gasteiger partial charge on any atom is -0.288 e. The Morgan fingerprint density at radius 2 is 1.86 bits per heavy atom. The third kappa shape index (κ3) is 3.56. The Labute approximate surface area is 122 Å². The molecule has 0 spiro atoms. The molecule has 1 N–H and O–H groups in total. The van der Waals surface area contributed by atoms with Gasteiger partial charge in [-0.05, 0) is 32.8 Å². The van der Waals surface area contributed by atoms with Crippen molar-refractivity contribution < 1.29 is 18.0 Å². The molecule has 116 valence electrons. The second-order valence-electron chi connectivity index (χ2n) is 6.20. The van der Waals surface area contributed by atoms with E-state index in [1.54, 1.807) is 38.1 Å². The minimum absolute atomic E-state index is 0.0435. The van der Waals surface area contributed by atoms with E-state index >= 15 is 0 Å². The Hall–Kier alpha value is -1.56. The van der Waals surface area contributed by atoms with Crippen LogP contribution < -0.4 is 5.43 Å². The molecule has 6 heteroatoms. The lowest BCUT2D eigenvalue weighted by atomic mass is 9.94. The summed E-state index contributed by atoms with van der Waals surface area (Å²) in [4.78, 5) is 11.7. The second-order valence-corrected chi connectivity index (χ2v) is 6.20. The highest BCUT2D eigenvalue weighted by molar-refractivity contribution is 5.83. The Bertz CT molecular complexity index is 523. The molecule has 1 aliphatic rings. The first-order valence-electron chi connectivity index (χ1n) is 6.79. The number of halogens is 3. The molecule has 1 aromatic carbocycles. The first-order valence-corrected chi connectivity index (χ1v) is 6.79. The lowest BCUT2D eigenvalue weighted by Crippen LogP contribution is -2.51. The van der Waals surface area contributed by atoms with Crippen LogP contribution in [0.2, 0.25) is 0 Å². The molecule has 1 amide bonds. The summed E-state index contributed by atoms with van der Waals surface area (Å²) in [5.41, 5.74) is 3.15. The van der Waals surface area contributed by atoms with Crippen molar-refractivity contribution in [1.82, 2.24) is 10.4 Å². The summed E-state index contributed by atoms with van der Waals surface area (Å²) >= 11 is 0. The number of hydrazine groups is 1. The van der Waals surface area contributed by atoms with Gasteiger partial charge in [-0.1, -0.05) is 29.8 Å². The van der Waals surface area contributed by atoms with Gasteiger partial charge in [-0.2, -0.15) is 13.2 Å². The van der Waals surface area contributed by atoms with E-state index in [1.807, 2.05) is 6.92 Å². The van der Waals surface area contributed by atoms with Crippen molar-refractivity contribution in [2.45, 2.75) is 39.4 Å². The summed E-state index contributed by atoms with van der Waals surface area (Å²) in [5, 5.41) is 1.02. The Balaban J connectivity index is 2.20. The molecule has 3 nitrogen and oxygen atoms in total. The summed E-state index contributed by atoms with van der Waals surface area (Å²) in [6.45, 7) is 5.21. The number of carbonyl (C=O) groups excluding carboxylic acids is 1. The SMILES string of the molecule is Cc1ccc(C[C@H](N2CC(C)(C)C(=O)N2)C(F)(F)F)cc1. The first-order chi connectivity index (χ1) is 9.59. The van der Waals surface area contributed by atoms with E-state index in [0.29, 0.717) is 5.56 Å². The molecule has 1 atom stereocenters. The molecule has 1 aliphatic heterocycles. The zero-order valence-corrected chi connectivity index (χ0v) is 12.3. The molecule has 1 heterocycles. The molecule has 0 unspecified atom stereocenters. The average molecular weight is 300 g/mol. The molecular formula is C15H19F3N2O. The van der Waals surface area contributed by atoms with Gasteiger partial charge in [0.1, 0.15) is 6.04 Å². The molecule has 0 aliphatic carbocycles. The van der Waals surface area contributed by atoms with E-state index < -0.39 is 17.6 Å². The van der Waals surface area contributed by atoms with Crippen molar-refractivity contribution >= 4 is 5.91 Å². The number of amides is 1. The highest BCUT2D eigenvalue weighted by Crippen LogP contribution is 2.32. The number of hydrogen-bond donors (Lipinski definition) is 1. The maximum atomic E-state index is 13.3. The van der Waals surface area contributed by atoms with Crippen LogP contribution in [0.3, 0.4) is 0 Å². The number of alkyl halides is 3. The summed E-state index contributed by atoms with van der Waals surface area (Å²) in [7, 11) is 0. The van der Waals surface area contributed by atoms with Gasteiger partial charge in [0.2, 0.25) is 5.91 Å². The van der Waals surface area contributed by atoms with E-state index in [4.69, 9.17) is 0 Å². The molecule has 1 saturated heterocycles. The molecule has 0 saturated carbocycles. The monoisotopic (exact) mass is 300 g/mol. The van der Waals surface area contributed by atoms with Crippen molar-refractivity contribution in [1.29, 1.82) is 0 Å². The first kappa shape index (κ1) is 15.8. The second kappa shape index (κ2) is 5.33. The fourth-order valence-corrected chi connectivity index (χ4v) is 2.36. The Morgan fingerprint density at radius 3 is 2.29 bits per heavy atom. The minimum atomic E-state index is -4.40. The molecule has 21 heavy (non-hydrogen) atoms. The van der Waals surface area contributed by atoms with Crippen LogP contribution in [0.15, 0.2) is 24.3 Å². The van der Waals surface area contributed by atoms with E-state index in [9.17, 15) is 18.0 Å². The quantitative estimate of drug-likeness (QED) is 0.931. The molecule has 0 bridgehead atoms. The van der Waals surface area contributed by atoms with Crippen molar-refractivity contribution in [3.05, 3.63) is 35.4 Å². The fraction of sp³-hybridized carbons (Fsp3) is 0.533. The van der Waals surface area contributed by atoms with E-state index in [2.05, 4.69) is 5.43 Å². The number of rotatable bonds is 3. The maximum Gasteiger partial charge on any atom is 0.406 e. The molecular weight excluding hydrogens is 281 g/mol. The Morgan fingerprint density at radius 1 is 1.29 bits per heavy atom. The molecule has 1 fully saturated rings. The third-order valence-corrected chi connectivity index (χ3v) is 3.73. The molecule has 0 radical (unpaired) electrons. The van der Waals surface area contributed by atoms with Crippen LogP contribution in [0.5, 0.6) is 0 Å². The van der Waals surface area contributed by atoms with Crippen molar-refractivity contribution in [2.24, 2.45) is 5.41 Å². The highest BCUT2D eigenvalue weighted by Gasteiger charge is 2.50. The summed E-state index contributed by atoms with van der Waals surface area (Å²) < 4.78 is 40.0. The summed E-state index contributed by atoms with van der Waals surface area (Å²) in [5.74, 6) is -0.374. The van der Waals surface area contributed by atoms with E-state index in [0.717, 1.165) is 10.6 Å². The van der Waals surface area contributed by atoms with Crippen molar-refractivity contribution in [3.63, 3.8) is 0 Å². The largest absolute Gasteiger partial charge is 0.406 e. The van der Waals surface area contributed by atoms with E-state index in [1.165, 1.54) is 0 Å².